The van der Waals surface area contributed by atoms with Crippen LogP contribution in [0.4, 0.5) is 0 Å². The van der Waals surface area contributed by atoms with Crippen molar-refractivity contribution in [2.75, 3.05) is 6.61 Å². The summed E-state index contributed by atoms with van der Waals surface area (Å²) in [4.78, 5) is 10.2. The molecule has 0 aliphatic carbocycles. The molecule has 1 heterocycles. The van der Waals surface area contributed by atoms with Gasteiger partial charge < -0.3 is 9.53 Å². The van der Waals surface area contributed by atoms with Crippen molar-refractivity contribution in [3.05, 3.63) is 0 Å². The molecule has 1 aliphatic rings. The Hall–Kier alpha value is -0.370. The molecule has 1 aliphatic heterocycles. The second kappa shape index (κ2) is 2.97. The molecule has 0 amide bonds. The summed E-state index contributed by atoms with van der Waals surface area (Å²) in [5, 5.41) is 0. The van der Waals surface area contributed by atoms with E-state index in [1.165, 1.54) is 0 Å². The van der Waals surface area contributed by atoms with E-state index >= 15 is 0 Å². The lowest BCUT2D eigenvalue weighted by Crippen LogP contribution is -2.25. The van der Waals surface area contributed by atoms with Gasteiger partial charge in [-0.05, 0) is 18.8 Å². The molecule has 1 rings (SSSR count). The van der Waals surface area contributed by atoms with Crippen molar-refractivity contribution in [1.29, 1.82) is 0 Å². The first-order valence-electron chi connectivity index (χ1n) is 3.40. The van der Waals surface area contributed by atoms with E-state index in [-0.39, 0.29) is 6.10 Å². The Morgan fingerprint density at radius 2 is 2.44 bits per heavy atom. The third kappa shape index (κ3) is 1.79. The fourth-order valence-electron chi connectivity index (χ4n) is 1.10. The van der Waals surface area contributed by atoms with Gasteiger partial charge in [0.05, 0.1) is 0 Å². The summed E-state index contributed by atoms with van der Waals surface area (Å²) >= 11 is 0. The van der Waals surface area contributed by atoms with Gasteiger partial charge in [0, 0.05) is 6.61 Å². The number of hydrogen-bond acceptors (Lipinski definition) is 2. The lowest BCUT2D eigenvalue weighted by atomic mass is 9.99. The van der Waals surface area contributed by atoms with Crippen LogP contribution < -0.4 is 0 Å². The maximum atomic E-state index is 10.2. The topological polar surface area (TPSA) is 26.3 Å². The van der Waals surface area contributed by atoms with Crippen molar-refractivity contribution in [2.24, 2.45) is 5.92 Å². The van der Waals surface area contributed by atoms with Crippen LogP contribution in [0.2, 0.25) is 0 Å². The minimum atomic E-state index is -0.117. The number of rotatable bonds is 1. The van der Waals surface area contributed by atoms with E-state index in [4.69, 9.17) is 4.74 Å². The molecular weight excluding hydrogens is 116 g/mol. The lowest BCUT2D eigenvalue weighted by Gasteiger charge is -2.22. The highest BCUT2D eigenvalue weighted by Crippen LogP contribution is 2.17. The Kier molecular flexibility index (Phi) is 2.22. The summed E-state index contributed by atoms with van der Waals surface area (Å²) in [5.74, 6) is 0.661. The average Bonchev–Trinajstić information content (AvgIpc) is 1.88. The molecule has 2 atom stereocenters. The van der Waals surface area contributed by atoms with Gasteiger partial charge in [-0.3, -0.25) is 0 Å². The minimum Gasteiger partial charge on any atom is -0.371 e. The fourth-order valence-corrected chi connectivity index (χ4v) is 1.10. The third-order valence-corrected chi connectivity index (χ3v) is 1.73. The number of hydrogen-bond donors (Lipinski definition) is 0. The standard InChI is InChI=1S/C7H12O2/c1-6-2-3-9-7(4-6)5-8/h5-7H,2-4H2,1H3/t6-,7?/m0/s1. The predicted octanol–water partition coefficient (Wildman–Crippen LogP) is 1.00. The number of ether oxygens (including phenoxy) is 1. The van der Waals surface area contributed by atoms with Crippen LogP contribution in [0.25, 0.3) is 0 Å². The molecule has 0 N–H and O–H groups in total. The van der Waals surface area contributed by atoms with Crippen LogP contribution in [-0.2, 0) is 9.53 Å². The van der Waals surface area contributed by atoms with E-state index in [0.717, 1.165) is 25.7 Å². The number of aldehydes is 1. The van der Waals surface area contributed by atoms with Crippen LogP contribution in [-0.4, -0.2) is 19.0 Å². The molecule has 9 heavy (non-hydrogen) atoms. The Morgan fingerprint density at radius 1 is 1.67 bits per heavy atom. The molecule has 2 nitrogen and oxygen atoms in total. The van der Waals surface area contributed by atoms with E-state index in [1.807, 2.05) is 0 Å². The molecule has 0 aromatic carbocycles. The van der Waals surface area contributed by atoms with Gasteiger partial charge in [-0.1, -0.05) is 6.92 Å². The first-order valence-corrected chi connectivity index (χ1v) is 3.40. The summed E-state index contributed by atoms with van der Waals surface area (Å²) < 4.78 is 5.13. The number of carbonyl (C=O) groups excluding carboxylic acids is 1. The second-order valence-electron chi connectivity index (χ2n) is 2.67. The van der Waals surface area contributed by atoms with Gasteiger partial charge >= 0.3 is 0 Å². The van der Waals surface area contributed by atoms with Crippen molar-refractivity contribution in [1.82, 2.24) is 0 Å². The molecule has 1 saturated heterocycles. The summed E-state index contributed by atoms with van der Waals surface area (Å²) in [6.45, 7) is 2.91. The van der Waals surface area contributed by atoms with Crippen LogP contribution in [0, 0.1) is 5.92 Å². The smallest absolute Gasteiger partial charge is 0.148 e. The summed E-state index contributed by atoms with van der Waals surface area (Å²) in [6, 6.07) is 0. The summed E-state index contributed by atoms with van der Waals surface area (Å²) in [6.07, 6.45) is 2.79. The second-order valence-corrected chi connectivity index (χ2v) is 2.67. The summed E-state index contributed by atoms with van der Waals surface area (Å²) in [7, 11) is 0. The van der Waals surface area contributed by atoms with Gasteiger partial charge in [0.1, 0.15) is 12.4 Å². The average molecular weight is 128 g/mol. The number of carbonyl (C=O) groups is 1. The van der Waals surface area contributed by atoms with E-state index in [1.54, 1.807) is 0 Å². The molecule has 2 heteroatoms. The molecule has 0 aromatic heterocycles. The Balaban J connectivity index is 2.31. The van der Waals surface area contributed by atoms with Gasteiger partial charge in [-0.2, -0.15) is 0 Å². The first-order chi connectivity index (χ1) is 4.33. The minimum absolute atomic E-state index is 0.117. The van der Waals surface area contributed by atoms with Gasteiger partial charge in [0.15, 0.2) is 0 Å². The quantitative estimate of drug-likeness (QED) is 0.492. The van der Waals surface area contributed by atoms with Crippen LogP contribution >= 0.6 is 0 Å². The van der Waals surface area contributed by atoms with E-state index in [9.17, 15) is 4.79 Å². The largest absolute Gasteiger partial charge is 0.371 e. The molecule has 0 spiro atoms. The normalized spacial score (nSPS) is 36.1. The fraction of sp³-hybridized carbons (Fsp3) is 0.857. The monoisotopic (exact) mass is 128 g/mol. The van der Waals surface area contributed by atoms with E-state index in [2.05, 4.69) is 6.92 Å². The molecule has 0 saturated carbocycles. The Bertz CT molecular complexity index is 101. The van der Waals surface area contributed by atoms with Gasteiger partial charge in [-0.15, -0.1) is 0 Å². The maximum absolute atomic E-state index is 10.2. The molecule has 1 fully saturated rings. The highest BCUT2D eigenvalue weighted by atomic mass is 16.5. The summed E-state index contributed by atoms with van der Waals surface area (Å²) in [5.41, 5.74) is 0. The molecule has 1 unspecified atom stereocenters. The van der Waals surface area contributed by atoms with Crippen LogP contribution in [0.1, 0.15) is 19.8 Å². The maximum Gasteiger partial charge on any atom is 0.148 e. The SMILES string of the molecule is C[C@H]1CCOC(C=O)C1. The van der Waals surface area contributed by atoms with Crippen molar-refractivity contribution < 1.29 is 9.53 Å². The van der Waals surface area contributed by atoms with Crippen molar-refractivity contribution in [2.45, 2.75) is 25.9 Å². The van der Waals surface area contributed by atoms with E-state index < -0.39 is 0 Å². The predicted molar refractivity (Wildman–Crippen MR) is 34.2 cm³/mol. The highest BCUT2D eigenvalue weighted by molar-refractivity contribution is 5.56. The van der Waals surface area contributed by atoms with Crippen molar-refractivity contribution in [3.63, 3.8) is 0 Å². The van der Waals surface area contributed by atoms with E-state index in [0.29, 0.717) is 5.92 Å². The van der Waals surface area contributed by atoms with Crippen molar-refractivity contribution in [3.8, 4) is 0 Å². The van der Waals surface area contributed by atoms with Crippen LogP contribution in [0.5, 0.6) is 0 Å². The van der Waals surface area contributed by atoms with Crippen LogP contribution in [0.15, 0.2) is 0 Å². The molecule has 0 aromatic rings. The zero-order chi connectivity index (χ0) is 6.69. The molecule has 0 bridgehead atoms. The van der Waals surface area contributed by atoms with Gasteiger partial charge in [0.25, 0.3) is 0 Å². The van der Waals surface area contributed by atoms with Gasteiger partial charge in [0.2, 0.25) is 0 Å². The van der Waals surface area contributed by atoms with Crippen LogP contribution in [0.3, 0.4) is 0 Å². The lowest BCUT2D eigenvalue weighted by molar-refractivity contribution is -0.122. The molecule has 0 radical (unpaired) electrons. The zero-order valence-corrected chi connectivity index (χ0v) is 5.67. The Labute approximate surface area is 55.2 Å². The highest BCUT2D eigenvalue weighted by Gasteiger charge is 2.17. The first kappa shape index (κ1) is 6.75. The van der Waals surface area contributed by atoms with Gasteiger partial charge in [-0.25, -0.2) is 0 Å². The molecular formula is C7H12O2. The zero-order valence-electron chi connectivity index (χ0n) is 5.67. The third-order valence-electron chi connectivity index (χ3n) is 1.73. The Morgan fingerprint density at radius 3 is 2.89 bits per heavy atom. The van der Waals surface area contributed by atoms with Crippen molar-refractivity contribution >= 4 is 6.29 Å². The molecule has 52 valence electrons.